The van der Waals surface area contributed by atoms with Crippen molar-refractivity contribution in [3.63, 3.8) is 0 Å². The van der Waals surface area contributed by atoms with Crippen LogP contribution in [0.4, 0.5) is 5.82 Å². The Morgan fingerprint density at radius 1 is 1.15 bits per heavy atom. The molecule has 0 radical (unpaired) electrons. The van der Waals surface area contributed by atoms with Crippen LogP contribution in [-0.4, -0.2) is 35.5 Å². The molecule has 0 saturated heterocycles. The van der Waals surface area contributed by atoms with Crippen molar-refractivity contribution < 1.29 is 4.79 Å². The van der Waals surface area contributed by atoms with Gasteiger partial charge >= 0.3 is 0 Å². The molecule has 8 nitrogen and oxygen atoms in total. The van der Waals surface area contributed by atoms with E-state index in [2.05, 4.69) is 39.0 Å². The number of fused-ring (bicyclic) bond motifs is 2. The maximum atomic E-state index is 12.5. The smallest absolute Gasteiger partial charge is 0.226 e. The van der Waals surface area contributed by atoms with Gasteiger partial charge < -0.3 is 5.32 Å². The second kappa shape index (κ2) is 5.71. The molecule has 0 aliphatic carbocycles. The number of amides is 1. The number of rotatable bonds is 2. The lowest BCUT2D eigenvalue weighted by molar-refractivity contribution is -0.116. The summed E-state index contributed by atoms with van der Waals surface area (Å²) in [5.41, 5.74) is 3.83. The highest BCUT2D eigenvalue weighted by Gasteiger charge is 2.34. The normalized spacial score (nSPS) is 16.6. The lowest BCUT2D eigenvalue weighted by Crippen LogP contribution is -2.25. The number of hydrogen-bond acceptors (Lipinski definition) is 6. The lowest BCUT2D eigenvalue weighted by Gasteiger charge is -2.23. The lowest BCUT2D eigenvalue weighted by atomic mass is 9.89. The topological polar surface area (TPSA) is 90.0 Å². The quantitative estimate of drug-likeness (QED) is 0.578. The minimum atomic E-state index is -0.0111. The number of carbonyl (C=O) groups is 1. The molecule has 1 atom stereocenters. The molecule has 5 heterocycles. The third kappa shape index (κ3) is 2.38. The molecule has 9 heteroatoms. The molecule has 0 saturated carbocycles. The fourth-order valence-corrected chi connectivity index (χ4v) is 4.72. The Labute approximate surface area is 158 Å². The highest BCUT2D eigenvalue weighted by Crippen LogP contribution is 2.42. The maximum absolute atomic E-state index is 12.5. The Balaban J connectivity index is 1.71. The minimum absolute atomic E-state index is 0.0111. The zero-order valence-electron chi connectivity index (χ0n) is 15.1. The third-order valence-corrected chi connectivity index (χ3v) is 6.07. The summed E-state index contributed by atoms with van der Waals surface area (Å²) in [7, 11) is 0. The first-order valence-corrected chi connectivity index (χ1v) is 9.53. The van der Waals surface area contributed by atoms with E-state index in [0.717, 1.165) is 11.3 Å². The Kier molecular flexibility index (Phi) is 3.41. The van der Waals surface area contributed by atoms with Gasteiger partial charge in [-0.05, 0) is 49.9 Å². The Morgan fingerprint density at radius 3 is 2.78 bits per heavy atom. The van der Waals surface area contributed by atoms with Crippen LogP contribution in [0, 0.1) is 20.8 Å². The van der Waals surface area contributed by atoms with Gasteiger partial charge in [0, 0.05) is 22.8 Å². The van der Waals surface area contributed by atoms with Crippen molar-refractivity contribution in [3.8, 4) is 5.82 Å². The summed E-state index contributed by atoms with van der Waals surface area (Å²) < 4.78 is 3.38. The molecule has 136 valence electrons. The fraction of sp³-hybridized carbons (Fsp3) is 0.278. The van der Waals surface area contributed by atoms with E-state index in [1.807, 2.05) is 26.0 Å². The van der Waals surface area contributed by atoms with Crippen molar-refractivity contribution in [2.45, 2.75) is 33.1 Å². The molecule has 5 rings (SSSR count). The van der Waals surface area contributed by atoms with Gasteiger partial charge in [0.15, 0.2) is 17.3 Å². The number of aryl methyl sites for hydroxylation is 3. The molecular weight excluding hydrogens is 362 g/mol. The van der Waals surface area contributed by atoms with E-state index in [4.69, 9.17) is 5.10 Å². The number of nitrogens with one attached hydrogen (secondary N) is 1. The average Bonchev–Trinajstić information content (AvgIpc) is 3.32. The molecule has 0 bridgehead atoms. The monoisotopic (exact) mass is 379 g/mol. The molecule has 27 heavy (non-hydrogen) atoms. The van der Waals surface area contributed by atoms with E-state index in [0.29, 0.717) is 29.5 Å². The summed E-state index contributed by atoms with van der Waals surface area (Å²) in [6.45, 7) is 5.91. The fourth-order valence-electron chi connectivity index (χ4n) is 3.68. The van der Waals surface area contributed by atoms with E-state index in [1.54, 1.807) is 20.5 Å². The molecule has 1 N–H and O–H groups in total. The first-order valence-electron chi connectivity index (χ1n) is 8.65. The molecular formula is C18H17N7OS. The zero-order chi connectivity index (χ0) is 18.7. The number of thiophene rings is 1. The summed E-state index contributed by atoms with van der Waals surface area (Å²) in [5, 5.41) is 22.5. The second-order valence-corrected chi connectivity index (χ2v) is 7.69. The molecule has 0 aromatic carbocycles. The van der Waals surface area contributed by atoms with Crippen LogP contribution in [0.25, 0.3) is 11.5 Å². The van der Waals surface area contributed by atoms with Crippen molar-refractivity contribution in [3.05, 3.63) is 51.1 Å². The highest BCUT2D eigenvalue weighted by atomic mass is 32.1. The van der Waals surface area contributed by atoms with Crippen molar-refractivity contribution in [2.75, 3.05) is 5.32 Å². The number of hydrogen-bond donors (Lipinski definition) is 1. The Morgan fingerprint density at radius 2 is 2.00 bits per heavy atom. The zero-order valence-corrected chi connectivity index (χ0v) is 15.9. The van der Waals surface area contributed by atoms with Crippen LogP contribution in [0.2, 0.25) is 0 Å². The summed E-state index contributed by atoms with van der Waals surface area (Å²) in [6, 6.07) is 5.77. The molecule has 4 aromatic rings. The average molecular weight is 379 g/mol. The third-order valence-electron chi connectivity index (χ3n) is 4.94. The van der Waals surface area contributed by atoms with Gasteiger partial charge in [0.2, 0.25) is 5.91 Å². The van der Waals surface area contributed by atoms with Crippen LogP contribution >= 0.6 is 11.3 Å². The van der Waals surface area contributed by atoms with Crippen molar-refractivity contribution in [1.82, 2.24) is 29.6 Å². The molecule has 0 fully saturated rings. The van der Waals surface area contributed by atoms with E-state index in [-0.39, 0.29) is 11.8 Å². The Bertz CT molecular complexity index is 1200. The van der Waals surface area contributed by atoms with Gasteiger partial charge in [-0.1, -0.05) is 0 Å². The van der Waals surface area contributed by atoms with Crippen molar-refractivity contribution in [1.29, 1.82) is 0 Å². The van der Waals surface area contributed by atoms with E-state index < -0.39 is 0 Å². The maximum Gasteiger partial charge on any atom is 0.226 e. The van der Waals surface area contributed by atoms with Gasteiger partial charge in [-0.2, -0.15) is 14.3 Å². The Hall–Kier alpha value is -3.07. The summed E-state index contributed by atoms with van der Waals surface area (Å²) in [5.74, 6) is 2.00. The molecule has 4 aromatic heterocycles. The van der Waals surface area contributed by atoms with Gasteiger partial charge in [0.1, 0.15) is 5.82 Å². The van der Waals surface area contributed by atoms with Gasteiger partial charge in [-0.3, -0.25) is 4.79 Å². The van der Waals surface area contributed by atoms with Crippen LogP contribution in [-0.2, 0) is 4.79 Å². The van der Waals surface area contributed by atoms with Gasteiger partial charge in [0.25, 0.3) is 0 Å². The SMILES string of the molecule is Cc1ccsc1C1CC(=O)Nc2c1c(C)nn2-c1ccc2nnc(C)n2n1. The summed E-state index contributed by atoms with van der Waals surface area (Å²) >= 11 is 1.69. The highest BCUT2D eigenvalue weighted by molar-refractivity contribution is 7.10. The number of aromatic nitrogens is 6. The standard InChI is InChI=1S/C18H17N7OS/c1-9-6-7-27-17(9)12-8-15(26)19-18-16(12)10(2)22-25(18)14-5-4-13-21-20-11(3)24(13)23-14/h4-7,12H,8H2,1-3H3,(H,19,26). The number of nitrogens with zero attached hydrogens (tertiary/aromatic N) is 6. The number of carbonyl (C=O) groups excluding carboxylic acids is 1. The molecule has 0 spiro atoms. The predicted molar refractivity (Wildman–Crippen MR) is 102 cm³/mol. The molecule has 1 unspecified atom stereocenters. The molecule has 1 aliphatic heterocycles. The largest absolute Gasteiger partial charge is 0.310 e. The second-order valence-electron chi connectivity index (χ2n) is 6.74. The summed E-state index contributed by atoms with van der Waals surface area (Å²) in [6.07, 6.45) is 0.428. The van der Waals surface area contributed by atoms with Crippen LogP contribution in [0.15, 0.2) is 23.6 Å². The van der Waals surface area contributed by atoms with Crippen LogP contribution in [0.3, 0.4) is 0 Å². The van der Waals surface area contributed by atoms with Crippen molar-refractivity contribution >= 4 is 28.7 Å². The van der Waals surface area contributed by atoms with Crippen LogP contribution in [0.5, 0.6) is 0 Å². The molecule has 1 aliphatic rings. The minimum Gasteiger partial charge on any atom is -0.310 e. The first-order chi connectivity index (χ1) is 13.0. The predicted octanol–water partition coefficient (Wildman–Crippen LogP) is 2.77. The van der Waals surface area contributed by atoms with Crippen LogP contribution < -0.4 is 5.32 Å². The van der Waals surface area contributed by atoms with E-state index in [9.17, 15) is 4.79 Å². The van der Waals surface area contributed by atoms with E-state index in [1.165, 1.54) is 10.4 Å². The summed E-state index contributed by atoms with van der Waals surface area (Å²) in [4.78, 5) is 13.7. The van der Waals surface area contributed by atoms with Gasteiger partial charge in [0.05, 0.1) is 5.69 Å². The van der Waals surface area contributed by atoms with Gasteiger partial charge in [-0.25, -0.2) is 0 Å². The van der Waals surface area contributed by atoms with Gasteiger partial charge in [-0.15, -0.1) is 26.6 Å². The van der Waals surface area contributed by atoms with E-state index >= 15 is 0 Å². The van der Waals surface area contributed by atoms with Crippen molar-refractivity contribution in [2.24, 2.45) is 0 Å². The number of anilines is 1. The first kappa shape index (κ1) is 16.1. The van der Waals surface area contributed by atoms with Crippen LogP contribution in [0.1, 0.15) is 39.9 Å². The molecule has 1 amide bonds.